The molecule has 0 saturated carbocycles. The molecule has 0 atom stereocenters. The zero-order valence-electron chi connectivity index (χ0n) is 8.71. The summed E-state index contributed by atoms with van der Waals surface area (Å²) in [7, 11) is 0. The second-order valence-corrected chi connectivity index (χ2v) is 4.93. The lowest BCUT2D eigenvalue weighted by atomic mass is 10.1. The molecule has 0 aromatic carbocycles. The zero-order chi connectivity index (χ0) is 11.3. The average molecular weight is 331 g/mol. The molecule has 16 heavy (non-hydrogen) atoms. The van der Waals surface area contributed by atoms with Gasteiger partial charge in [-0.15, -0.1) is 0 Å². The van der Waals surface area contributed by atoms with Crippen molar-refractivity contribution in [1.29, 1.82) is 0 Å². The number of aryl methyl sites for hydroxylation is 1. The maximum absolute atomic E-state index is 12.1. The Kier molecular flexibility index (Phi) is 2.28. The largest absolute Gasteiger partial charge is 0.376 e. The maximum Gasteiger partial charge on any atom is 0.278 e. The first-order valence-electron chi connectivity index (χ1n) is 5.05. The van der Waals surface area contributed by atoms with Crippen molar-refractivity contribution in [3.05, 3.63) is 30.9 Å². The Hall–Kier alpha value is -0.890. The van der Waals surface area contributed by atoms with Gasteiger partial charge in [-0.2, -0.15) is 0 Å². The van der Waals surface area contributed by atoms with Crippen LogP contribution in [0.3, 0.4) is 0 Å². The lowest BCUT2D eigenvalue weighted by molar-refractivity contribution is 0.108. The Bertz CT molecular complexity index is 629. The van der Waals surface area contributed by atoms with E-state index in [4.69, 9.17) is 4.74 Å². The zero-order valence-corrected chi connectivity index (χ0v) is 10.9. The van der Waals surface area contributed by atoms with Gasteiger partial charge in [0.2, 0.25) is 0 Å². The number of halogens is 1. The van der Waals surface area contributed by atoms with E-state index in [0.717, 1.165) is 27.0 Å². The molecule has 0 amide bonds. The number of rotatable bonds is 0. The molecule has 2 aromatic heterocycles. The summed E-state index contributed by atoms with van der Waals surface area (Å²) in [5.41, 5.74) is 3.22. The van der Waals surface area contributed by atoms with Crippen LogP contribution in [0.25, 0.3) is 5.65 Å². The molecule has 0 spiro atoms. The summed E-state index contributed by atoms with van der Waals surface area (Å²) in [6.45, 7) is 2.96. The highest BCUT2D eigenvalue weighted by Crippen LogP contribution is 2.17. The van der Waals surface area contributed by atoms with E-state index in [1.165, 1.54) is 4.52 Å². The number of aromatic amines is 1. The van der Waals surface area contributed by atoms with Gasteiger partial charge in [-0.25, -0.2) is 9.50 Å². The lowest BCUT2D eigenvalue weighted by Gasteiger charge is -2.14. The van der Waals surface area contributed by atoms with E-state index < -0.39 is 0 Å². The van der Waals surface area contributed by atoms with Crippen LogP contribution in [0.4, 0.5) is 0 Å². The first-order valence-corrected chi connectivity index (χ1v) is 6.12. The van der Waals surface area contributed by atoms with E-state index in [0.29, 0.717) is 18.8 Å². The molecule has 0 unspecified atom stereocenters. The molecule has 5 nitrogen and oxygen atoms in total. The highest BCUT2D eigenvalue weighted by Gasteiger charge is 2.19. The van der Waals surface area contributed by atoms with Gasteiger partial charge in [0.15, 0.2) is 5.65 Å². The van der Waals surface area contributed by atoms with E-state index in [1.807, 2.05) is 6.92 Å². The van der Waals surface area contributed by atoms with Crippen LogP contribution in [-0.4, -0.2) is 21.2 Å². The molecule has 3 heterocycles. The number of H-pyrrole nitrogens is 1. The van der Waals surface area contributed by atoms with Crippen molar-refractivity contribution < 1.29 is 4.74 Å². The van der Waals surface area contributed by atoms with Crippen LogP contribution in [-0.2, 0) is 17.8 Å². The van der Waals surface area contributed by atoms with Gasteiger partial charge in [0.1, 0.15) is 0 Å². The van der Waals surface area contributed by atoms with Gasteiger partial charge in [-0.05, 0) is 29.5 Å². The normalized spacial score (nSPS) is 15.4. The van der Waals surface area contributed by atoms with Crippen LogP contribution in [0.2, 0.25) is 0 Å². The molecule has 1 aliphatic heterocycles. The Morgan fingerprint density at radius 2 is 2.38 bits per heavy atom. The van der Waals surface area contributed by atoms with E-state index in [2.05, 4.69) is 32.7 Å². The van der Waals surface area contributed by atoms with Crippen molar-refractivity contribution in [3.8, 4) is 0 Å². The highest BCUT2D eigenvalue weighted by atomic mass is 127. The summed E-state index contributed by atoms with van der Waals surface area (Å²) in [6.07, 6.45) is 0.724. The van der Waals surface area contributed by atoms with Gasteiger partial charge in [-0.3, -0.25) is 9.89 Å². The minimum atomic E-state index is -0.0364. The highest BCUT2D eigenvalue weighted by molar-refractivity contribution is 14.1. The first kappa shape index (κ1) is 10.3. The Labute approximate surface area is 105 Å². The molecule has 3 rings (SSSR count). The van der Waals surface area contributed by atoms with Crippen molar-refractivity contribution in [3.63, 3.8) is 0 Å². The molecule has 1 N–H and O–H groups in total. The van der Waals surface area contributed by atoms with Crippen LogP contribution in [0.15, 0.2) is 4.79 Å². The summed E-state index contributed by atoms with van der Waals surface area (Å²) in [5.74, 6) is 0. The third-order valence-electron chi connectivity index (χ3n) is 2.80. The van der Waals surface area contributed by atoms with E-state index in [-0.39, 0.29) is 5.56 Å². The van der Waals surface area contributed by atoms with Gasteiger partial charge in [0.05, 0.1) is 28.0 Å². The van der Waals surface area contributed by atoms with Crippen LogP contribution in [0, 0.1) is 10.5 Å². The summed E-state index contributed by atoms with van der Waals surface area (Å²) in [4.78, 5) is 16.7. The third kappa shape index (κ3) is 1.32. The predicted molar refractivity (Wildman–Crippen MR) is 66.6 cm³/mol. The molecule has 1 aliphatic rings. The number of ether oxygens (including phenoxy) is 1. The van der Waals surface area contributed by atoms with Crippen LogP contribution >= 0.6 is 22.6 Å². The fourth-order valence-electron chi connectivity index (χ4n) is 1.93. The minimum Gasteiger partial charge on any atom is -0.376 e. The number of hydrogen-bond donors (Lipinski definition) is 1. The summed E-state index contributed by atoms with van der Waals surface area (Å²) in [6, 6.07) is 0. The van der Waals surface area contributed by atoms with E-state index >= 15 is 0 Å². The van der Waals surface area contributed by atoms with Crippen molar-refractivity contribution in [2.24, 2.45) is 0 Å². The molecule has 2 aromatic rings. The molecule has 84 valence electrons. The second-order valence-electron chi connectivity index (χ2n) is 3.85. The summed E-state index contributed by atoms with van der Waals surface area (Å²) < 4.78 is 7.80. The molecular weight excluding hydrogens is 321 g/mol. The monoisotopic (exact) mass is 331 g/mol. The molecule has 6 heteroatoms. The van der Waals surface area contributed by atoms with Crippen LogP contribution in [0.5, 0.6) is 0 Å². The molecule has 0 saturated heterocycles. The second kappa shape index (κ2) is 3.56. The number of fused-ring (bicyclic) bond motifs is 2. The van der Waals surface area contributed by atoms with Gasteiger partial charge < -0.3 is 4.74 Å². The number of aromatic nitrogens is 3. The third-order valence-corrected chi connectivity index (χ3v) is 4.09. The number of nitrogens with one attached hydrogen (secondary N) is 1. The van der Waals surface area contributed by atoms with Crippen molar-refractivity contribution >= 4 is 28.2 Å². The van der Waals surface area contributed by atoms with Crippen molar-refractivity contribution in [2.75, 3.05) is 6.61 Å². The topological polar surface area (TPSA) is 59.4 Å². The summed E-state index contributed by atoms with van der Waals surface area (Å²) in [5, 5.41) is 3.02. The molecule has 0 aliphatic carbocycles. The average Bonchev–Trinajstić information content (AvgIpc) is 2.58. The van der Waals surface area contributed by atoms with E-state index in [9.17, 15) is 4.79 Å². The van der Waals surface area contributed by atoms with Crippen molar-refractivity contribution in [2.45, 2.75) is 20.0 Å². The smallest absolute Gasteiger partial charge is 0.278 e. The fraction of sp³-hybridized carbons (Fsp3) is 0.400. The van der Waals surface area contributed by atoms with Crippen LogP contribution in [0.1, 0.15) is 17.0 Å². The standard InChI is InChI=1S/C10H10IN3O2/c1-5-8(11)9-12-7-2-3-16-4-6(7)10(15)14(9)13-5/h13H,2-4H2,1H3. The first-order chi connectivity index (χ1) is 7.68. The van der Waals surface area contributed by atoms with Gasteiger partial charge in [-0.1, -0.05) is 0 Å². The predicted octanol–water partition coefficient (Wildman–Crippen LogP) is 1.01. The quantitative estimate of drug-likeness (QED) is 0.733. The van der Waals surface area contributed by atoms with Gasteiger partial charge >= 0.3 is 0 Å². The molecular formula is C10H10IN3O2. The van der Waals surface area contributed by atoms with Crippen molar-refractivity contribution in [1.82, 2.24) is 14.6 Å². The SMILES string of the molecule is Cc1[nH]n2c(=O)c3c(nc2c1I)CCOC3. The Balaban J connectivity index is 2.44. The van der Waals surface area contributed by atoms with Gasteiger partial charge in [0.25, 0.3) is 5.56 Å². The molecule has 0 fully saturated rings. The van der Waals surface area contributed by atoms with Crippen LogP contribution < -0.4 is 5.56 Å². The minimum absolute atomic E-state index is 0.0364. The Morgan fingerprint density at radius 1 is 1.56 bits per heavy atom. The lowest BCUT2D eigenvalue weighted by Crippen LogP contribution is -2.27. The molecule has 0 radical (unpaired) electrons. The van der Waals surface area contributed by atoms with Gasteiger partial charge in [0, 0.05) is 12.1 Å². The Morgan fingerprint density at radius 3 is 3.19 bits per heavy atom. The number of hydrogen-bond acceptors (Lipinski definition) is 3. The number of nitrogens with zero attached hydrogens (tertiary/aromatic N) is 2. The molecule has 0 bridgehead atoms. The summed E-state index contributed by atoms with van der Waals surface area (Å²) >= 11 is 2.20. The van der Waals surface area contributed by atoms with E-state index in [1.54, 1.807) is 0 Å². The maximum atomic E-state index is 12.1. The fourth-order valence-corrected chi connectivity index (χ4v) is 2.41.